The Labute approximate surface area is 194 Å². The van der Waals surface area contributed by atoms with E-state index in [0.717, 1.165) is 16.1 Å². The van der Waals surface area contributed by atoms with Gasteiger partial charge in [-0.25, -0.2) is 4.68 Å². The second kappa shape index (κ2) is 9.54. The molecule has 4 aromatic rings. The van der Waals surface area contributed by atoms with Gasteiger partial charge in [-0.3, -0.25) is 4.79 Å². The van der Waals surface area contributed by atoms with Crippen LogP contribution in [0.15, 0.2) is 74.2 Å². The monoisotopic (exact) mass is 465 g/mol. The van der Waals surface area contributed by atoms with Crippen molar-refractivity contribution in [1.29, 1.82) is 0 Å². The van der Waals surface area contributed by atoms with E-state index in [1.54, 1.807) is 24.1 Å². The van der Waals surface area contributed by atoms with Crippen LogP contribution in [-0.4, -0.2) is 26.5 Å². The average Bonchev–Trinajstić information content (AvgIpc) is 3.35. The third-order valence-corrected chi connectivity index (χ3v) is 6.92. The minimum absolute atomic E-state index is 0.144. The van der Waals surface area contributed by atoms with Crippen LogP contribution in [0.1, 0.15) is 16.9 Å². The lowest BCUT2D eigenvalue weighted by Crippen LogP contribution is -2.16. The van der Waals surface area contributed by atoms with Crippen LogP contribution >= 0.6 is 23.5 Å². The number of hydrogen-bond acceptors (Lipinski definition) is 7. The van der Waals surface area contributed by atoms with Crippen LogP contribution in [-0.2, 0) is 4.79 Å². The molecule has 164 valence electrons. The van der Waals surface area contributed by atoms with Gasteiger partial charge in [0.25, 0.3) is 0 Å². The number of nitrogens with two attached hydrogens (primary N) is 1. The summed E-state index contributed by atoms with van der Waals surface area (Å²) in [5.41, 5.74) is 3.99. The number of thioether (sulfide) groups is 1. The van der Waals surface area contributed by atoms with Gasteiger partial charge >= 0.3 is 0 Å². The molecular weight excluding hydrogens is 442 g/mol. The molecule has 0 saturated carbocycles. The maximum Gasteiger partial charge on any atom is 0.234 e. The molecule has 32 heavy (non-hydrogen) atoms. The van der Waals surface area contributed by atoms with E-state index in [0.29, 0.717) is 16.7 Å². The van der Waals surface area contributed by atoms with Crippen molar-refractivity contribution in [2.24, 2.45) is 0 Å². The lowest BCUT2D eigenvalue weighted by molar-refractivity contribution is -0.113. The van der Waals surface area contributed by atoms with Crippen molar-refractivity contribution in [3.8, 4) is 11.4 Å². The van der Waals surface area contributed by atoms with Crippen molar-refractivity contribution in [2.45, 2.75) is 35.7 Å². The van der Waals surface area contributed by atoms with Gasteiger partial charge in [-0.05, 0) is 68.3 Å². The highest BCUT2D eigenvalue weighted by Gasteiger charge is 2.16. The molecule has 2 aromatic heterocycles. The molecular formula is C23H23N5O2S2. The summed E-state index contributed by atoms with van der Waals surface area (Å²) < 4.78 is 6.66. The molecule has 0 spiro atoms. The number of anilines is 1. The van der Waals surface area contributed by atoms with Gasteiger partial charge in [0, 0.05) is 15.5 Å². The van der Waals surface area contributed by atoms with E-state index >= 15 is 0 Å². The van der Waals surface area contributed by atoms with Gasteiger partial charge in [-0.1, -0.05) is 35.7 Å². The zero-order valence-electron chi connectivity index (χ0n) is 18.0. The van der Waals surface area contributed by atoms with Gasteiger partial charge in [0.1, 0.15) is 5.76 Å². The zero-order valence-corrected chi connectivity index (χ0v) is 19.6. The number of benzene rings is 2. The number of carbonyl (C=O) groups excluding carboxylic acids is 1. The Morgan fingerprint density at radius 1 is 1.09 bits per heavy atom. The number of aromatic nitrogens is 3. The number of furan rings is 1. The molecule has 3 N–H and O–H groups in total. The van der Waals surface area contributed by atoms with E-state index in [-0.39, 0.29) is 11.7 Å². The van der Waals surface area contributed by atoms with E-state index in [1.807, 2.05) is 31.2 Å². The summed E-state index contributed by atoms with van der Waals surface area (Å²) in [7, 11) is 0. The molecule has 7 nitrogen and oxygen atoms in total. The summed E-state index contributed by atoms with van der Waals surface area (Å²) >= 11 is 2.94. The largest absolute Gasteiger partial charge is 0.469 e. The molecule has 0 fully saturated rings. The number of carbonyl (C=O) groups is 1. The Bertz CT molecular complexity index is 1250. The Morgan fingerprint density at radius 2 is 1.88 bits per heavy atom. The minimum atomic E-state index is -0.144. The first-order chi connectivity index (χ1) is 15.4. The maximum absolute atomic E-state index is 12.4. The van der Waals surface area contributed by atoms with Gasteiger partial charge in [-0.15, -0.1) is 10.2 Å². The molecule has 0 saturated heterocycles. The normalized spacial score (nSPS) is 11.0. The standard InChI is InChI=1S/C23H23N5O2S2/c1-14-4-5-15(2)20(12-14)32-18-8-6-17(7-9-18)25-21(29)13-31-23-27-26-22(28(23)24)19-10-11-30-16(19)3/h4-12H,13,24H2,1-3H3,(H,25,29). The number of rotatable bonds is 7. The van der Waals surface area contributed by atoms with Crippen LogP contribution in [0, 0.1) is 20.8 Å². The lowest BCUT2D eigenvalue weighted by atomic mass is 10.2. The summed E-state index contributed by atoms with van der Waals surface area (Å²) in [6.07, 6.45) is 1.57. The second-order valence-corrected chi connectivity index (χ2v) is 9.36. The highest BCUT2D eigenvalue weighted by Crippen LogP contribution is 2.31. The molecule has 0 radical (unpaired) electrons. The van der Waals surface area contributed by atoms with E-state index in [2.05, 4.69) is 47.6 Å². The second-order valence-electron chi connectivity index (χ2n) is 7.30. The zero-order chi connectivity index (χ0) is 22.7. The van der Waals surface area contributed by atoms with Crippen molar-refractivity contribution in [3.63, 3.8) is 0 Å². The molecule has 2 heterocycles. The average molecular weight is 466 g/mol. The third-order valence-electron chi connectivity index (χ3n) is 4.81. The Morgan fingerprint density at radius 3 is 2.59 bits per heavy atom. The first-order valence-corrected chi connectivity index (χ1v) is 11.7. The smallest absolute Gasteiger partial charge is 0.234 e. The third kappa shape index (κ3) is 5.00. The number of amides is 1. The number of aryl methyl sites for hydroxylation is 3. The maximum atomic E-state index is 12.4. The number of nitrogen functional groups attached to an aromatic ring is 1. The Hall–Kier alpha value is -3.17. The summed E-state index contributed by atoms with van der Waals surface area (Å²) in [5.74, 6) is 7.32. The number of hydrogen-bond donors (Lipinski definition) is 2. The molecule has 1 amide bonds. The molecule has 9 heteroatoms. The highest BCUT2D eigenvalue weighted by molar-refractivity contribution is 7.99. The molecule has 0 atom stereocenters. The predicted molar refractivity (Wildman–Crippen MR) is 128 cm³/mol. The Balaban J connectivity index is 1.33. The van der Waals surface area contributed by atoms with Crippen LogP contribution in [0.25, 0.3) is 11.4 Å². The van der Waals surface area contributed by atoms with E-state index in [9.17, 15) is 4.79 Å². The fraction of sp³-hybridized carbons (Fsp3) is 0.174. The first-order valence-electron chi connectivity index (χ1n) is 9.93. The van der Waals surface area contributed by atoms with Crippen molar-refractivity contribution in [1.82, 2.24) is 14.9 Å². The van der Waals surface area contributed by atoms with Crippen LogP contribution < -0.4 is 11.2 Å². The van der Waals surface area contributed by atoms with Crippen LogP contribution in [0.4, 0.5) is 5.69 Å². The molecule has 0 aliphatic heterocycles. The van der Waals surface area contributed by atoms with Crippen LogP contribution in [0.2, 0.25) is 0 Å². The van der Waals surface area contributed by atoms with E-state index in [4.69, 9.17) is 10.3 Å². The molecule has 0 unspecified atom stereocenters. The van der Waals surface area contributed by atoms with Gasteiger partial charge in [0.2, 0.25) is 11.1 Å². The van der Waals surface area contributed by atoms with Crippen molar-refractivity contribution < 1.29 is 9.21 Å². The quantitative estimate of drug-likeness (QED) is 0.291. The summed E-state index contributed by atoms with van der Waals surface area (Å²) in [4.78, 5) is 14.7. The van der Waals surface area contributed by atoms with Crippen LogP contribution in [0.3, 0.4) is 0 Å². The first kappa shape index (κ1) is 22.0. The molecule has 4 rings (SSSR count). The van der Waals surface area contributed by atoms with Gasteiger partial charge < -0.3 is 15.6 Å². The lowest BCUT2D eigenvalue weighted by Gasteiger charge is -2.09. The van der Waals surface area contributed by atoms with Crippen molar-refractivity contribution in [2.75, 3.05) is 16.9 Å². The minimum Gasteiger partial charge on any atom is -0.469 e. The van der Waals surface area contributed by atoms with Gasteiger partial charge in [-0.2, -0.15) is 0 Å². The summed E-state index contributed by atoms with van der Waals surface area (Å²) in [5, 5.41) is 11.6. The highest BCUT2D eigenvalue weighted by atomic mass is 32.2. The van der Waals surface area contributed by atoms with Crippen molar-refractivity contribution in [3.05, 3.63) is 71.7 Å². The topological polar surface area (TPSA) is 99.0 Å². The summed E-state index contributed by atoms with van der Waals surface area (Å²) in [6.45, 7) is 6.03. The number of nitrogens with zero attached hydrogens (tertiary/aromatic N) is 3. The van der Waals surface area contributed by atoms with Gasteiger partial charge in [0.05, 0.1) is 17.6 Å². The Kier molecular flexibility index (Phi) is 6.57. The van der Waals surface area contributed by atoms with E-state index < -0.39 is 0 Å². The SMILES string of the molecule is Cc1ccc(C)c(Sc2ccc(NC(=O)CSc3nnc(-c4ccoc4C)n3N)cc2)c1. The van der Waals surface area contributed by atoms with Gasteiger partial charge in [0.15, 0.2) is 5.82 Å². The van der Waals surface area contributed by atoms with E-state index in [1.165, 1.54) is 32.5 Å². The van der Waals surface area contributed by atoms with Crippen LogP contribution in [0.5, 0.6) is 0 Å². The van der Waals surface area contributed by atoms with Crippen molar-refractivity contribution >= 4 is 35.1 Å². The fourth-order valence-electron chi connectivity index (χ4n) is 3.05. The predicted octanol–water partition coefficient (Wildman–Crippen LogP) is 5.06. The summed E-state index contributed by atoms with van der Waals surface area (Å²) in [6, 6.07) is 16.0. The molecule has 0 bridgehead atoms. The fourth-order valence-corrected chi connectivity index (χ4v) is 4.71. The molecule has 0 aliphatic rings. The molecule has 0 aliphatic carbocycles. The number of nitrogens with one attached hydrogen (secondary N) is 1. The molecule has 2 aromatic carbocycles.